The van der Waals surface area contributed by atoms with Crippen LogP contribution in [0.3, 0.4) is 0 Å². The highest BCUT2D eigenvalue weighted by molar-refractivity contribution is 5.81. The molecule has 1 fully saturated rings. The van der Waals surface area contributed by atoms with Crippen LogP contribution in [0, 0.1) is 5.92 Å². The minimum absolute atomic E-state index is 0.0202. The maximum atomic E-state index is 12.3. The Hall–Kier alpha value is -0.780. The molecule has 1 atom stereocenters. The van der Waals surface area contributed by atoms with Crippen LogP contribution in [0.15, 0.2) is 0 Å². The molecule has 0 amide bonds. The highest BCUT2D eigenvalue weighted by Gasteiger charge is 2.55. The van der Waals surface area contributed by atoms with Crippen LogP contribution in [0.1, 0.15) is 26.2 Å². The van der Waals surface area contributed by atoms with Crippen molar-refractivity contribution < 1.29 is 22.7 Å². The normalized spacial score (nSPS) is 20.9. The van der Waals surface area contributed by atoms with Gasteiger partial charge in [-0.05, 0) is 19.3 Å². The van der Waals surface area contributed by atoms with E-state index >= 15 is 0 Å². The second-order valence-corrected chi connectivity index (χ2v) is 4.07. The molecule has 15 heavy (non-hydrogen) atoms. The van der Waals surface area contributed by atoms with Gasteiger partial charge in [0.1, 0.15) is 0 Å². The summed E-state index contributed by atoms with van der Waals surface area (Å²) < 4.78 is 41.3. The molecule has 0 bridgehead atoms. The van der Waals surface area contributed by atoms with E-state index in [4.69, 9.17) is 5.73 Å². The number of hydrogen-bond donors (Lipinski definition) is 1. The van der Waals surface area contributed by atoms with Gasteiger partial charge in [0.2, 0.25) is 5.54 Å². The molecular weight excluding hydrogens is 211 g/mol. The van der Waals surface area contributed by atoms with Crippen LogP contribution in [-0.2, 0) is 9.53 Å². The molecule has 1 rings (SSSR count). The van der Waals surface area contributed by atoms with Gasteiger partial charge >= 0.3 is 12.1 Å². The average Bonchev–Trinajstić information content (AvgIpc) is 2.85. The van der Waals surface area contributed by atoms with E-state index in [0.29, 0.717) is 19.3 Å². The van der Waals surface area contributed by atoms with E-state index in [2.05, 4.69) is 4.74 Å². The number of esters is 1. The number of carbonyl (C=O) groups is 1. The van der Waals surface area contributed by atoms with Crippen LogP contribution in [-0.4, -0.2) is 24.3 Å². The van der Waals surface area contributed by atoms with Crippen molar-refractivity contribution in [2.24, 2.45) is 11.7 Å². The second-order valence-electron chi connectivity index (χ2n) is 4.07. The van der Waals surface area contributed by atoms with Gasteiger partial charge in [0.05, 0.1) is 6.61 Å². The fraction of sp³-hybridized carbons (Fsp3) is 0.889. The molecule has 1 aliphatic carbocycles. The van der Waals surface area contributed by atoms with Gasteiger partial charge < -0.3 is 10.5 Å². The molecule has 0 heterocycles. The van der Waals surface area contributed by atoms with Crippen LogP contribution in [0.4, 0.5) is 13.2 Å². The Labute approximate surface area is 85.8 Å². The van der Waals surface area contributed by atoms with E-state index in [1.807, 2.05) is 0 Å². The fourth-order valence-electron chi connectivity index (χ4n) is 0.990. The molecule has 0 aromatic carbocycles. The van der Waals surface area contributed by atoms with Gasteiger partial charge in [0, 0.05) is 0 Å². The molecule has 0 aliphatic heterocycles. The number of nitrogens with two attached hydrogens (primary N) is 1. The molecular formula is C9H14F3NO2. The van der Waals surface area contributed by atoms with Crippen LogP contribution >= 0.6 is 0 Å². The molecule has 6 heteroatoms. The number of ether oxygens (including phenoxy) is 1. The lowest BCUT2D eigenvalue weighted by Crippen LogP contribution is -2.57. The Kier molecular flexibility index (Phi) is 3.28. The lowest BCUT2D eigenvalue weighted by molar-refractivity contribution is -0.202. The van der Waals surface area contributed by atoms with E-state index in [1.54, 1.807) is 0 Å². The molecule has 0 spiro atoms. The maximum Gasteiger partial charge on any atom is 0.416 e. The lowest BCUT2D eigenvalue weighted by atomic mass is 10.0. The number of halogens is 3. The monoisotopic (exact) mass is 225 g/mol. The third kappa shape index (κ3) is 3.09. The van der Waals surface area contributed by atoms with Crippen LogP contribution in [0.2, 0.25) is 0 Å². The fourth-order valence-corrected chi connectivity index (χ4v) is 0.990. The SMILES string of the molecule is CC(N)(C(=O)OCCC1CC1)C(F)(F)F. The van der Waals surface area contributed by atoms with Gasteiger partial charge in [-0.25, -0.2) is 4.79 Å². The molecule has 2 N–H and O–H groups in total. The summed E-state index contributed by atoms with van der Waals surface area (Å²) >= 11 is 0. The number of alkyl halides is 3. The zero-order chi connectivity index (χ0) is 11.7. The van der Waals surface area contributed by atoms with E-state index < -0.39 is 17.7 Å². The largest absolute Gasteiger partial charge is 0.464 e. The molecule has 1 unspecified atom stereocenters. The van der Waals surface area contributed by atoms with Gasteiger partial charge in [-0.1, -0.05) is 12.8 Å². The minimum atomic E-state index is -4.77. The van der Waals surface area contributed by atoms with E-state index in [0.717, 1.165) is 12.8 Å². The van der Waals surface area contributed by atoms with Crippen molar-refractivity contribution in [3.63, 3.8) is 0 Å². The van der Waals surface area contributed by atoms with Crippen molar-refractivity contribution in [1.82, 2.24) is 0 Å². The first kappa shape index (κ1) is 12.3. The zero-order valence-electron chi connectivity index (χ0n) is 8.43. The molecule has 1 saturated carbocycles. The van der Waals surface area contributed by atoms with Gasteiger partial charge in [-0.2, -0.15) is 13.2 Å². The van der Waals surface area contributed by atoms with E-state index in [1.165, 1.54) is 0 Å². The molecule has 0 aromatic heterocycles. The zero-order valence-corrected chi connectivity index (χ0v) is 8.43. The topological polar surface area (TPSA) is 52.3 Å². The molecule has 3 nitrogen and oxygen atoms in total. The first-order valence-corrected chi connectivity index (χ1v) is 4.78. The predicted octanol–water partition coefficient (Wildman–Crippen LogP) is 1.61. The first-order valence-electron chi connectivity index (χ1n) is 4.78. The summed E-state index contributed by atoms with van der Waals surface area (Å²) in [5, 5.41) is 0. The van der Waals surface area contributed by atoms with Gasteiger partial charge in [0.15, 0.2) is 0 Å². The molecule has 0 radical (unpaired) electrons. The van der Waals surface area contributed by atoms with Crippen LogP contribution in [0.25, 0.3) is 0 Å². The number of rotatable bonds is 4. The lowest BCUT2D eigenvalue weighted by Gasteiger charge is -2.25. The Balaban J connectivity index is 2.36. The Morgan fingerprint density at radius 1 is 1.47 bits per heavy atom. The minimum Gasteiger partial charge on any atom is -0.464 e. The smallest absolute Gasteiger partial charge is 0.416 e. The maximum absolute atomic E-state index is 12.3. The predicted molar refractivity (Wildman–Crippen MR) is 46.9 cm³/mol. The van der Waals surface area contributed by atoms with Crippen LogP contribution < -0.4 is 5.73 Å². The van der Waals surface area contributed by atoms with Crippen molar-refractivity contribution in [1.29, 1.82) is 0 Å². The highest BCUT2D eigenvalue weighted by atomic mass is 19.4. The average molecular weight is 225 g/mol. The van der Waals surface area contributed by atoms with Crippen molar-refractivity contribution >= 4 is 5.97 Å². The Morgan fingerprint density at radius 3 is 2.40 bits per heavy atom. The molecule has 1 aliphatic rings. The van der Waals surface area contributed by atoms with Crippen molar-refractivity contribution in [2.75, 3.05) is 6.61 Å². The Bertz CT molecular complexity index is 246. The molecule has 0 aromatic rings. The quantitative estimate of drug-likeness (QED) is 0.739. The summed E-state index contributed by atoms with van der Waals surface area (Å²) in [7, 11) is 0. The van der Waals surface area contributed by atoms with E-state index in [9.17, 15) is 18.0 Å². The van der Waals surface area contributed by atoms with Gasteiger partial charge in [0.25, 0.3) is 0 Å². The van der Waals surface area contributed by atoms with Crippen LogP contribution in [0.5, 0.6) is 0 Å². The third-order valence-electron chi connectivity index (χ3n) is 2.47. The third-order valence-corrected chi connectivity index (χ3v) is 2.47. The summed E-state index contributed by atoms with van der Waals surface area (Å²) in [6.07, 6.45) is -2.02. The number of hydrogen-bond acceptors (Lipinski definition) is 3. The summed E-state index contributed by atoms with van der Waals surface area (Å²) in [6, 6.07) is 0. The summed E-state index contributed by atoms with van der Waals surface area (Å²) in [6.45, 7) is 0.638. The molecule has 0 saturated heterocycles. The molecule has 88 valence electrons. The van der Waals surface area contributed by atoms with Crippen molar-refractivity contribution in [3.05, 3.63) is 0 Å². The highest BCUT2D eigenvalue weighted by Crippen LogP contribution is 2.33. The summed E-state index contributed by atoms with van der Waals surface area (Å²) in [4.78, 5) is 11.0. The summed E-state index contributed by atoms with van der Waals surface area (Å²) in [5.74, 6) is -0.900. The van der Waals surface area contributed by atoms with Gasteiger partial charge in [-0.15, -0.1) is 0 Å². The first-order chi connectivity index (χ1) is 6.75. The second kappa shape index (κ2) is 4.00. The van der Waals surface area contributed by atoms with Crippen molar-refractivity contribution in [3.8, 4) is 0 Å². The number of carbonyl (C=O) groups excluding carboxylic acids is 1. The van der Waals surface area contributed by atoms with E-state index in [-0.39, 0.29) is 6.61 Å². The standard InChI is InChI=1S/C9H14F3NO2/c1-8(13,9(10,11)12)7(14)15-5-4-6-2-3-6/h6H,2-5,13H2,1H3. The Morgan fingerprint density at radius 2 is 2.00 bits per heavy atom. The van der Waals surface area contributed by atoms with Gasteiger partial charge in [-0.3, -0.25) is 0 Å². The van der Waals surface area contributed by atoms with Crippen molar-refractivity contribution in [2.45, 2.75) is 37.9 Å². The summed E-state index contributed by atoms with van der Waals surface area (Å²) in [5.41, 5.74) is 1.96.